The quantitative estimate of drug-likeness (QED) is 0.858. The fraction of sp³-hybridized carbons (Fsp3) is 0.600. The third-order valence-corrected chi connectivity index (χ3v) is 7.26. The summed E-state index contributed by atoms with van der Waals surface area (Å²) in [4.78, 5) is 0. The number of hydrogen-bond acceptors (Lipinski definition) is 4. The summed E-state index contributed by atoms with van der Waals surface area (Å²) in [5.41, 5.74) is 1.06. The Morgan fingerprint density at radius 2 is 2.19 bits per heavy atom. The zero-order chi connectivity index (χ0) is 15.5. The Balaban J connectivity index is 2.23. The number of methoxy groups -OCH3 is 1. The Kier molecular flexibility index (Phi) is 5.68. The summed E-state index contributed by atoms with van der Waals surface area (Å²) in [6.45, 7) is 0. The summed E-state index contributed by atoms with van der Waals surface area (Å²) in [5.74, 6) is 1.10. The van der Waals surface area contributed by atoms with Crippen molar-refractivity contribution in [2.45, 2.75) is 37.0 Å². The average molecular weight is 376 g/mol. The predicted octanol–water partition coefficient (Wildman–Crippen LogP) is 2.56. The smallest absolute Gasteiger partial charge is 0.154 e. The maximum atomic E-state index is 12.3. The van der Waals surface area contributed by atoms with Gasteiger partial charge in [0.25, 0.3) is 0 Å². The zero-order valence-electron chi connectivity index (χ0n) is 12.4. The summed E-state index contributed by atoms with van der Waals surface area (Å²) in [7, 11) is 0.477. The molecule has 0 spiro atoms. The van der Waals surface area contributed by atoms with E-state index in [2.05, 4.69) is 21.2 Å². The Labute approximate surface area is 135 Å². The molecule has 1 fully saturated rings. The lowest BCUT2D eigenvalue weighted by Gasteiger charge is -2.30. The molecule has 1 aliphatic heterocycles. The van der Waals surface area contributed by atoms with Crippen LogP contribution in [-0.4, -0.2) is 39.6 Å². The van der Waals surface area contributed by atoms with Gasteiger partial charge in [-0.05, 0) is 50.1 Å². The third kappa shape index (κ3) is 3.99. The average Bonchev–Trinajstić information content (AvgIpc) is 2.46. The van der Waals surface area contributed by atoms with Gasteiger partial charge in [-0.1, -0.05) is 22.4 Å². The van der Waals surface area contributed by atoms with Crippen molar-refractivity contribution in [2.75, 3.05) is 19.9 Å². The van der Waals surface area contributed by atoms with Crippen molar-refractivity contribution in [2.24, 2.45) is 0 Å². The second-order valence-electron chi connectivity index (χ2n) is 5.46. The van der Waals surface area contributed by atoms with Crippen LogP contribution in [0.2, 0.25) is 0 Å². The van der Waals surface area contributed by atoms with Gasteiger partial charge in [-0.15, -0.1) is 0 Å². The molecule has 2 rings (SSSR count). The molecule has 21 heavy (non-hydrogen) atoms. The predicted molar refractivity (Wildman–Crippen MR) is 88.7 cm³/mol. The first-order valence-electron chi connectivity index (χ1n) is 7.19. The van der Waals surface area contributed by atoms with Crippen LogP contribution in [-0.2, 0) is 16.3 Å². The molecule has 1 saturated heterocycles. The molecule has 0 bridgehead atoms. The molecule has 2 unspecified atom stereocenters. The summed E-state index contributed by atoms with van der Waals surface area (Å²) in [6.07, 6.45) is 3.19. The van der Waals surface area contributed by atoms with E-state index in [0.717, 1.165) is 35.0 Å². The molecule has 0 radical (unpaired) electrons. The van der Waals surface area contributed by atoms with Crippen molar-refractivity contribution in [3.63, 3.8) is 0 Å². The Bertz CT molecular complexity index is 589. The van der Waals surface area contributed by atoms with E-state index >= 15 is 0 Å². The summed E-state index contributed by atoms with van der Waals surface area (Å²) in [6, 6.07) is 5.72. The van der Waals surface area contributed by atoms with Crippen LogP contribution < -0.4 is 10.1 Å². The Morgan fingerprint density at radius 3 is 2.81 bits per heavy atom. The largest absolute Gasteiger partial charge is 0.497 e. The van der Waals surface area contributed by atoms with Gasteiger partial charge in [-0.2, -0.15) is 0 Å². The van der Waals surface area contributed by atoms with Crippen molar-refractivity contribution in [3.8, 4) is 5.75 Å². The van der Waals surface area contributed by atoms with E-state index in [4.69, 9.17) is 4.74 Å². The van der Waals surface area contributed by atoms with Gasteiger partial charge in [0.05, 0.1) is 18.1 Å². The van der Waals surface area contributed by atoms with Crippen LogP contribution in [0.25, 0.3) is 0 Å². The first-order chi connectivity index (χ1) is 9.97. The minimum absolute atomic E-state index is 0.0706. The molecule has 4 nitrogen and oxygen atoms in total. The van der Waals surface area contributed by atoms with E-state index in [-0.39, 0.29) is 11.3 Å². The molecule has 0 saturated carbocycles. The first-order valence-corrected chi connectivity index (χ1v) is 9.70. The van der Waals surface area contributed by atoms with E-state index in [1.807, 2.05) is 25.2 Å². The van der Waals surface area contributed by atoms with E-state index in [1.54, 1.807) is 7.11 Å². The number of rotatable bonds is 5. The molecule has 2 atom stereocenters. The van der Waals surface area contributed by atoms with Crippen LogP contribution in [0.15, 0.2) is 22.7 Å². The van der Waals surface area contributed by atoms with Gasteiger partial charge in [-0.25, -0.2) is 8.42 Å². The van der Waals surface area contributed by atoms with Gasteiger partial charge in [0.1, 0.15) is 5.75 Å². The topological polar surface area (TPSA) is 55.4 Å². The molecular formula is C15H22BrNO3S. The van der Waals surface area contributed by atoms with E-state index in [9.17, 15) is 8.42 Å². The minimum atomic E-state index is -2.99. The molecule has 118 valence electrons. The highest BCUT2D eigenvalue weighted by Crippen LogP contribution is 2.28. The monoisotopic (exact) mass is 375 g/mol. The van der Waals surface area contributed by atoms with Crippen LogP contribution in [0.4, 0.5) is 0 Å². The number of nitrogens with one attached hydrogen (secondary N) is 1. The van der Waals surface area contributed by atoms with Gasteiger partial charge >= 0.3 is 0 Å². The first kappa shape index (κ1) is 16.8. The third-order valence-electron chi connectivity index (χ3n) is 4.14. The van der Waals surface area contributed by atoms with E-state index in [0.29, 0.717) is 12.2 Å². The number of ether oxygens (including phenoxy) is 1. The van der Waals surface area contributed by atoms with Crippen LogP contribution >= 0.6 is 15.9 Å². The van der Waals surface area contributed by atoms with E-state index in [1.165, 1.54) is 0 Å². The fourth-order valence-corrected chi connectivity index (χ4v) is 5.50. The Morgan fingerprint density at radius 1 is 1.43 bits per heavy atom. The summed E-state index contributed by atoms with van der Waals surface area (Å²) >= 11 is 3.54. The molecule has 0 aliphatic carbocycles. The zero-order valence-corrected chi connectivity index (χ0v) is 14.8. The lowest BCUT2D eigenvalue weighted by Crippen LogP contribution is -2.46. The normalized spacial score (nSPS) is 22.7. The fourth-order valence-electron chi connectivity index (χ4n) is 2.92. The van der Waals surface area contributed by atoms with Crippen LogP contribution in [0.1, 0.15) is 24.8 Å². The van der Waals surface area contributed by atoms with Crippen molar-refractivity contribution in [1.82, 2.24) is 5.32 Å². The number of benzene rings is 1. The molecule has 0 aromatic heterocycles. The van der Waals surface area contributed by atoms with Gasteiger partial charge in [0, 0.05) is 10.5 Å². The van der Waals surface area contributed by atoms with Crippen molar-refractivity contribution >= 4 is 25.8 Å². The molecule has 1 aliphatic rings. The molecule has 1 aromatic rings. The highest BCUT2D eigenvalue weighted by Gasteiger charge is 2.35. The summed E-state index contributed by atoms with van der Waals surface area (Å²) in [5, 5.41) is 2.90. The highest BCUT2D eigenvalue weighted by atomic mass is 79.9. The Hall–Kier alpha value is -0.590. The number of hydrogen-bond donors (Lipinski definition) is 1. The van der Waals surface area contributed by atoms with Gasteiger partial charge < -0.3 is 10.1 Å². The lowest BCUT2D eigenvalue weighted by atomic mass is 9.99. The van der Waals surface area contributed by atoms with Crippen molar-refractivity contribution in [1.29, 1.82) is 0 Å². The van der Waals surface area contributed by atoms with Crippen LogP contribution in [0, 0.1) is 0 Å². The van der Waals surface area contributed by atoms with Gasteiger partial charge in [0.2, 0.25) is 0 Å². The molecule has 1 N–H and O–H groups in total. The summed E-state index contributed by atoms with van der Waals surface area (Å²) < 4.78 is 30.8. The number of sulfone groups is 1. The molecule has 6 heteroatoms. The molecule has 1 aromatic carbocycles. The maximum absolute atomic E-state index is 12.3. The van der Waals surface area contributed by atoms with Gasteiger partial charge in [-0.3, -0.25) is 0 Å². The standard InChI is InChI=1S/C15H22BrNO3S/c1-17-14(15-5-3-4-8-21(15,18)19)10-11-9-12(20-2)6-7-13(11)16/h6-7,9,14-15,17H,3-5,8,10H2,1-2H3. The van der Waals surface area contributed by atoms with Crippen LogP contribution in [0.5, 0.6) is 5.75 Å². The highest BCUT2D eigenvalue weighted by molar-refractivity contribution is 9.10. The second kappa shape index (κ2) is 7.11. The molecule has 0 amide bonds. The number of halogens is 1. The van der Waals surface area contributed by atoms with Crippen LogP contribution in [0.3, 0.4) is 0 Å². The molecular weight excluding hydrogens is 354 g/mol. The second-order valence-corrected chi connectivity index (χ2v) is 8.65. The van der Waals surface area contributed by atoms with Crippen molar-refractivity contribution < 1.29 is 13.2 Å². The maximum Gasteiger partial charge on any atom is 0.154 e. The molecule has 1 heterocycles. The lowest BCUT2D eigenvalue weighted by molar-refractivity contribution is 0.413. The number of likely N-dealkylation sites (N-methyl/N-ethyl adjacent to an activating group) is 1. The van der Waals surface area contributed by atoms with Crippen molar-refractivity contribution in [3.05, 3.63) is 28.2 Å². The SMILES string of the molecule is CNC(Cc1cc(OC)ccc1Br)C1CCCCS1(=O)=O. The van der Waals surface area contributed by atoms with E-state index < -0.39 is 9.84 Å². The van der Waals surface area contributed by atoms with Gasteiger partial charge in [0.15, 0.2) is 9.84 Å². The minimum Gasteiger partial charge on any atom is -0.497 e.